The number of aliphatic hydroxyl groups is 1. The molecule has 4 heteroatoms. The topological polar surface area (TPSA) is 42.4 Å². The minimum absolute atomic E-state index is 0.173. The van der Waals surface area contributed by atoms with E-state index in [4.69, 9.17) is 4.74 Å². The Labute approximate surface area is 105 Å². The first-order valence-corrected chi connectivity index (χ1v) is 5.61. The highest BCUT2D eigenvalue weighted by Gasteiger charge is 2.11. The summed E-state index contributed by atoms with van der Waals surface area (Å²) >= 11 is 0. The Morgan fingerprint density at radius 1 is 1.39 bits per heavy atom. The summed E-state index contributed by atoms with van der Waals surface area (Å²) < 4.78 is 18.3. The molecule has 2 aromatic rings. The van der Waals surface area contributed by atoms with Crippen molar-refractivity contribution in [3.05, 3.63) is 59.7 Å². The number of nitrogens with zero attached hydrogens (tertiary/aromatic N) is 1. The Kier molecular flexibility index (Phi) is 3.89. The summed E-state index contributed by atoms with van der Waals surface area (Å²) in [5.41, 5.74) is 1.43. The van der Waals surface area contributed by atoms with E-state index in [9.17, 15) is 9.50 Å². The van der Waals surface area contributed by atoms with E-state index in [0.29, 0.717) is 12.0 Å². The second kappa shape index (κ2) is 5.60. The number of aromatic nitrogens is 1. The maximum atomic E-state index is 13.5. The molecule has 0 aliphatic carbocycles. The highest BCUT2D eigenvalue weighted by Crippen LogP contribution is 2.23. The molecule has 3 nitrogen and oxygen atoms in total. The lowest BCUT2D eigenvalue weighted by Gasteiger charge is -2.12. The van der Waals surface area contributed by atoms with Crippen LogP contribution in [0.2, 0.25) is 0 Å². The molecular weight excluding hydrogens is 233 g/mol. The first kappa shape index (κ1) is 12.5. The zero-order valence-corrected chi connectivity index (χ0v) is 10.0. The third-order valence-corrected chi connectivity index (χ3v) is 2.71. The van der Waals surface area contributed by atoms with Crippen LogP contribution in [0.3, 0.4) is 0 Å². The number of rotatable bonds is 4. The van der Waals surface area contributed by atoms with Crippen LogP contribution in [0.25, 0.3) is 0 Å². The van der Waals surface area contributed by atoms with Crippen LogP contribution in [0.15, 0.2) is 42.7 Å². The lowest BCUT2D eigenvalue weighted by Crippen LogP contribution is -2.03. The molecule has 1 aromatic carbocycles. The number of halogens is 1. The third kappa shape index (κ3) is 2.84. The summed E-state index contributed by atoms with van der Waals surface area (Å²) in [6, 6.07) is 8.13. The fourth-order valence-corrected chi connectivity index (χ4v) is 1.75. The van der Waals surface area contributed by atoms with Gasteiger partial charge in [-0.1, -0.05) is 12.1 Å². The molecule has 1 heterocycles. The molecule has 0 saturated carbocycles. The monoisotopic (exact) mass is 247 g/mol. The van der Waals surface area contributed by atoms with Crippen LogP contribution < -0.4 is 4.74 Å². The van der Waals surface area contributed by atoms with Crippen molar-refractivity contribution in [3.8, 4) is 5.75 Å². The van der Waals surface area contributed by atoms with E-state index in [-0.39, 0.29) is 5.75 Å². The average Bonchev–Trinajstić information content (AvgIpc) is 2.39. The first-order chi connectivity index (χ1) is 8.70. The Balaban J connectivity index is 2.14. The number of benzene rings is 1. The zero-order valence-electron chi connectivity index (χ0n) is 10.0. The minimum atomic E-state index is -0.755. The van der Waals surface area contributed by atoms with Gasteiger partial charge < -0.3 is 9.84 Å². The second-order valence-electron chi connectivity index (χ2n) is 3.98. The molecule has 0 amide bonds. The van der Waals surface area contributed by atoms with Crippen molar-refractivity contribution in [2.75, 3.05) is 7.11 Å². The molecule has 2 rings (SSSR count). The molecular formula is C14H14FNO2. The molecule has 94 valence electrons. The van der Waals surface area contributed by atoms with Gasteiger partial charge in [-0.15, -0.1) is 0 Å². The van der Waals surface area contributed by atoms with E-state index >= 15 is 0 Å². The zero-order chi connectivity index (χ0) is 13.0. The molecule has 0 saturated heterocycles. The highest BCUT2D eigenvalue weighted by atomic mass is 19.1. The van der Waals surface area contributed by atoms with E-state index in [2.05, 4.69) is 4.98 Å². The molecule has 1 unspecified atom stereocenters. The summed E-state index contributed by atoms with van der Waals surface area (Å²) in [4.78, 5) is 3.97. The van der Waals surface area contributed by atoms with Gasteiger partial charge in [-0.2, -0.15) is 0 Å². The van der Waals surface area contributed by atoms with Gasteiger partial charge >= 0.3 is 0 Å². The molecule has 0 radical (unpaired) electrons. The molecule has 0 bridgehead atoms. The fraction of sp³-hybridized carbons (Fsp3) is 0.214. The van der Waals surface area contributed by atoms with Crippen LogP contribution in [-0.2, 0) is 6.42 Å². The standard InChI is InChI=1S/C14H14FNO2/c1-18-14-5-4-11(8-12(14)15)13(17)7-10-3-2-6-16-9-10/h2-6,8-9,13,17H,7H2,1H3. The van der Waals surface area contributed by atoms with Crippen LogP contribution >= 0.6 is 0 Å². The van der Waals surface area contributed by atoms with Gasteiger partial charge in [0.2, 0.25) is 0 Å². The van der Waals surface area contributed by atoms with Gasteiger partial charge in [0, 0.05) is 18.8 Å². The number of hydrogen-bond donors (Lipinski definition) is 1. The van der Waals surface area contributed by atoms with E-state index < -0.39 is 11.9 Å². The average molecular weight is 247 g/mol. The summed E-state index contributed by atoms with van der Waals surface area (Å²) in [5, 5.41) is 10.0. The van der Waals surface area contributed by atoms with Crippen molar-refractivity contribution in [1.29, 1.82) is 0 Å². The van der Waals surface area contributed by atoms with Gasteiger partial charge in [-0.3, -0.25) is 4.98 Å². The third-order valence-electron chi connectivity index (χ3n) is 2.71. The Morgan fingerprint density at radius 2 is 2.22 bits per heavy atom. The molecule has 1 aromatic heterocycles. The van der Waals surface area contributed by atoms with Gasteiger partial charge in [0.25, 0.3) is 0 Å². The normalized spacial score (nSPS) is 12.2. The predicted molar refractivity (Wildman–Crippen MR) is 65.9 cm³/mol. The van der Waals surface area contributed by atoms with Crippen molar-refractivity contribution in [2.24, 2.45) is 0 Å². The lowest BCUT2D eigenvalue weighted by atomic mass is 10.0. The SMILES string of the molecule is COc1ccc(C(O)Cc2cccnc2)cc1F. The van der Waals surface area contributed by atoms with Crippen molar-refractivity contribution >= 4 is 0 Å². The van der Waals surface area contributed by atoms with Crippen LogP contribution in [-0.4, -0.2) is 17.2 Å². The Bertz CT molecular complexity index is 516. The lowest BCUT2D eigenvalue weighted by molar-refractivity contribution is 0.177. The van der Waals surface area contributed by atoms with Gasteiger partial charge in [0.05, 0.1) is 13.2 Å². The van der Waals surface area contributed by atoms with Crippen molar-refractivity contribution in [3.63, 3.8) is 0 Å². The smallest absolute Gasteiger partial charge is 0.165 e. The maximum absolute atomic E-state index is 13.5. The van der Waals surface area contributed by atoms with Crippen LogP contribution in [0.4, 0.5) is 4.39 Å². The van der Waals surface area contributed by atoms with Crippen molar-refractivity contribution in [1.82, 2.24) is 4.98 Å². The largest absolute Gasteiger partial charge is 0.494 e. The summed E-state index contributed by atoms with van der Waals surface area (Å²) in [5.74, 6) is -0.299. The first-order valence-electron chi connectivity index (χ1n) is 5.61. The summed E-state index contributed by atoms with van der Waals surface area (Å²) in [6.07, 6.45) is 3.00. The quantitative estimate of drug-likeness (QED) is 0.902. The van der Waals surface area contributed by atoms with E-state index in [1.54, 1.807) is 24.5 Å². The number of ether oxygens (including phenoxy) is 1. The fourth-order valence-electron chi connectivity index (χ4n) is 1.75. The van der Waals surface area contributed by atoms with Crippen LogP contribution in [0, 0.1) is 5.82 Å². The van der Waals surface area contributed by atoms with E-state index in [0.717, 1.165) is 5.56 Å². The molecule has 0 fully saturated rings. The Hall–Kier alpha value is -1.94. The molecule has 0 aliphatic heterocycles. The molecule has 1 N–H and O–H groups in total. The van der Waals surface area contributed by atoms with Crippen LogP contribution in [0.1, 0.15) is 17.2 Å². The molecule has 1 atom stereocenters. The molecule has 18 heavy (non-hydrogen) atoms. The number of hydrogen-bond acceptors (Lipinski definition) is 3. The van der Waals surface area contributed by atoms with E-state index in [1.165, 1.54) is 19.2 Å². The van der Waals surface area contributed by atoms with Gasteiger partial charge in [0.1, 0.15) is 0 Å². The minimum Gasteiger partial charge on any atom is -0.494 e. The summed E-state index contributed by atoms with van der Waals surface area (Å²) in [6.45, 7) is 0. The van der Waals surface area contributed by atoms with Gasteiger partial charge in [-0.05, 0) is 29.3 Å². The van der Waals surface area contributed by atoms with E-state index in [1.807, 2.05) is 6.07 Å². The molecule has 0 aliphatic rings. The summed E-state index contributed by atoms with van der Waals surface area (Å²) in [7, 11) is 1.41. The molecule has 0 spiro atoms. The van der Waals surface area contributed by atoms with Gasteiger partial charge in [0.15, 0.2) is 11.6 Å². The van der Waals surface area contributed by atoms with Gasteiger partial charge in [-0.25, -0.2) is 4.39 Å². The van der Waals surface area contributed by atoms with Crippen molar-refractivity contribution < 1.29 is 14.2 Å². The highest BCUT2D eigenvalue weighted by molar-refractivity contribution is 5.31. The predicted octanol–water partition coefficient (Wildman–Crippen LogP) is 2.51. The van der Waals surface area contributed by atoms with Crippen LogP contribution in [0.5, 0.6) is 5.75 Å². The van der Waals surface area contributed by atoms with Crippen molar-refractivity contribution in [2.45, 2.75) is 12.5 Å². The second-order valence-corrected chi connectivity index (χ2v) is 3.98. The Morgan fingerprint density at radius 3 is 2.83 bits per heavy atom. The number of pyridine rings is 1. The number of methoxy groups -OCH3 is 1. The maximum Gasteiger partial charge on any atom is 0.165 e. The number of aliphatic hydroxyl groups excluding tert-OH is 1.